The maximum Gasteiger partial charge on any atom is 0.280 e. The number of aromatic nitrogens is 2. The first-order chi connectivity index (χ1) is 15.7. The third-order valence-electron chi connectivity index (χ3n) is 5.12. The molecule has 0 aliphatic carbocycles. The minimum Gasteiger partial charge on any atom is -0.280 e. The van der Waals surface area contributed by atoms with Crippen LogP contribution in [0, 0.1) is 13.8 Å². The number of sulfonamides is 1. The lowest BCUT2D eigenvalue weighted by Crippen LogP contribution is -2.33. The predicted octanol–water partition coefficient (Wildman–Crippen LogP) is 3.82. The second-order valence-corrected chi connectivity index (χ2v) is 10.4. The van der Waals surface area contributed by atoms with E-state index < -0.39 is 21.5 Å². The summed E-state index contributed by atoms with van der Waals surface area (Å²) >= 11 is 1.43. The molecule has 8 nitrogen and oxygen atoms in total. The van der Waals surface area contributed by atoms with Gasteiger partial charge in [-0.05, 0) is 56.2 Å². The van der Waals surface area contributed by atoms with Gasteiger partial charge in [-0.1, -0.05) is 30.7 Å². The lowest BCUT2D eigenvalue weighted by Gasteiger charge is -2.13. The van der Waals surface area contributed by atoms with Crippen molar-refractivity contribution in [1.82, 2.24) is 9.66 Å². The van der Waals surface area contributed by atoms with Crippen molar-refractivity contribution in [2.24, 2.45) is 0 Å². The summed E-state index contributed by atoms with van der Waals surface area (Å²) < 4.78 is 29.5. The SMILES string of the molecule is CCc1cc2c(=O)n(NC(=O)c3ccc(C)c(S(=O)(=O)Nc4ccc(C)cc4)c3)cnc2s1. The molecule has 0 fully saturated rings. The highest BCUT2D eigenvalue weighted by molar-refractivity contribution is 7.92. The molecule has 0 aliphatic heterocycles. The molecule has 0 unspecified atom stereocenters. The summed E-state index contributed by atoms with van der Waals surface area (Å²) in [5.74, 6) is -0.629. The molecule has 4 aromatic rings. The predicted molar refractivity (Wildman–Crippen MR) is 130 cm³/mol. The molecule has 0 bridgehead atoms. The summed E-state index contributed by atoms with van der Waals surface area (Å²) in [5, 5.41) is 0.425. The maximum atomic E-state index is 13.0. The molecule has 0 atom stereocenters. The van der Waals surface area contributed by atoms with Gasteiger partial charge in [0, 0.05) is 16.1 Å². The Kier molecular flexibility index (Phi) is 6.05. The molecule has 0 saturated carbocycles. The molecule has 4 rings (SSSR count). The zero-order valence-corrected chi connectivity index (χ0v) is 19.9. The summed E-state index contributed by atoms with van der Waals surface area (Å²) in [4.78, 5) is 31.4. The smallest absolute Gasteiger partial charge is 0.280 e. The molecule has 2 N–H and O–H groups in total. The Morgan fingerprint density at radius 2 is 1.82 bits per heavy atom. The molecule has 2 aromatic carbocycles. The van der Waals surface area contributed by atoms with Gasteiger partial charge in [0.1, 0.15) is 11.2 Å². The molecular weight excluding hydrogens is 460 g/mol. The molecule has 1 amide bonds. The topological polar surface area (TPSA) is 110 Å². The van der Waals surface area contributed by atoms with Crippen LogP contribution in [0.25, 0.3) is 10.2 Å². The van der Waals surface area contributed by atoms with Gasteiger partial charge in [-0.2, -0.15) is 0 Å². The van der Waals surface area contributed by atoms with Crippen LogP contribution in [0.3, 0.4) is 0 Å². The molecule has 0 aliphatic rings. The number of nitrogens with one attached hydrogen (secondary N) is 2. The van der Waals surface area contributed by atoms with E-state index in [0.717, 1.165) is 21.5 Å². The van der Waals surface area contributed by atoms with E-state index in [1.54, 1.807) is 43.3 Å². The first kappa shape index (κ1) is 22.7. The number of thiophene rings is 1. The van der Waals surface area contributed by atoms with Crippen molar-refractivity contribution in [1.29, 1.82) is 0 Å². The van der Waals surface area contributed by atoms with Crippen LogP contribution in [-0.2, 0) is 16.4 Å². The van der Waals surface area contributed by atoms with E-state index in [1.807, 2.05) is 13.8 Å². The molecular formula is C23H22N4O4S2. The largest absolute Gasteiger partial charge is 0.280 e. The van der Waals surface area contributed by atoms with Crippen LogP contribution in [-0.4, -0.2) is 24.0 Å². The number of rotatable bonds is 6. The average Bonchev–Trinajstić information content (AvgIpc) is 3.21. The first-order valence-corrected chi connectivity index (χ1v) is 12.5. The molecule has 2 heterocycles. The van der Waals surface area contributed by atoms with Gasteiger partial charge in [-0.3, -0.25) is 19.7 Å². The van der Waals surface area contributed by atoms with E-state index in [0.29, 0.717) is 21.5 Å². The summed E-state index contributed by atoms with van der Waals surface area (Å²) in [6.45, 7) is 5.54. The normalized spacial score (nSPS) is 11.5. The molecule has 0 radical (unpaired) electrons. The summed E-state index contributed by atoms with van der Waals surface area (Å²) in [5.41, 5.74) is 4.09. The van der Waals surface area contributed by atoms with E-state index in [1.165, 1.54) is 29.8 Å². The van der Waals surface area contributed by atoms with Crippen LogP contribution in [0.15, 0.2) is 64.5 Å². The number of carbonyl (C=O) groups is 1. The minimum atomic E-state index is -3.93. The van der Waals surface area contributed by atoms with E-state index in [2.05, 4.69) is 15.1 Å². The lowest BCUT2D eigenvalue weighted by molar-refractivity contribution is 0.101. The highest BCUT2D eigenvalue weighted by Gasteiger charge is 2.20. The third kappa shape index (κ3) is 4.67. The Hall–Kier alpha value is -3.50. The zero-order valence-electron chi connectivity index (χ0n) is 18.2. The zero-order chi connectivity index (χ0) is 23.8. The van der Waals surface area contributed by atoms with Gasteiger partial charge in [-0.25, -0.2) is 18.1 Å². The van der Waals surface area contributed by atoms with E-state index >= 15 is 0 Å². The average molecular weight is 483 g/mol. The Bertz CT molecular complexity index is 1520. The molecule has 2 aromatic heterocycles. The highest BCUT2D eigenvalue weighted by Crippen LogP contribution is 2.22. The molecule has 33 heavy (non-hydrogen) atoms. The van der Waals surface area contributed by atoms with Crippen LogP contribution < -0.4 is 15.7 Å². The third-order valence-corrected chi connectivity index (χ3v) is 7.83. The van der Waals surface area contributed by atoms with Crippen LogP contribution in [0.1, 0.15) is 33.3 Å². The number of anilines is 1. The Labute approximate surface area is 194 Å². The number of hydrogen-bond acceptors (Lipinski definition) is 6. The van der Waals surface area contributed by atoms with Gasteiger partial charge < -0.3 is 0 Å². The fraction of sp³-hybridized carbons (Fsp3) is 0.174. The van der Waals surface area contributed by atoms with Gasteiger partial charge in [0.05, 0.1) is 10.3 Å². The lowest BCUT2D eigenvalue weighted by atomic mass is 10.1. The molecule has 10 heteroatoms. The second kappa shape index (κ2) is 8.80. The number of aryl methyl sites for hydroxylation is 3. The Morgan fingerprint density at radius 3 is 2.52 bits per heavy atom. The maximum absolute atomic E-state index is 13.0. The van der Waals surface area contributed by atoms with Crippen molar-refractivity contribution in [2.45, 2.75) is 32.1 Å². The van der Waals surface area contributed by atoms with Crippen LogP contribution in [0.2, 0.25) is 0 Å². The van der Waals surface area contributed by atoms with Gasteiger partial charge in [0.25, 0.3) is 21.5 Å². The number of nitrogens with zero attached hydrogens (tertiary/aromatic N) is 2. The number of amides is 1. The number of benzene rings is 2. The Morgan fingerprint density at radius 1 is 1.09 bits per heavy atom. The molecule has 170 valence electrons. The summed E-state index contributed by atoms with van der Waals surface area (Å²) in [6, 6.07) is 13.1. The van der Waals surface area contributed by atoms with Crippen molar-refractivity contribution < 1.29 is 13.2 Å². The molecule has 0 spiro atoms. The van der Waals surface area contributed by atoms with Crippen molar-refractivity contribution >= 4 is 43.2 Å². The van der Waals surface area contributed by atoms with E-state index in [4.69, 9.17) is 0 Å². The van der Waals surface area contributed by atoms with E-state index in [-0.39, 0.29) is 10.5 Å². The number of hydrogen-bond donors (Lipinski definition) is 2. The van der Waals surface area contributed by atoms with Crippen molar-refractivity contribution in [3.8, 4) is 0 Å². The fourth-order valence-corrected chi connectivity index (χ4v) is 5.52. The first-order valence-electron chi connectivity index (χ1n) is 10.2. The monoisotopic (exact) mass is 482 g/mol. The van der Waals surface area contributed by atoms with Gasteiger partial charge >= 0.3 is 0 Å². The number of carbonyl (C=O) groups excluding carboxylic acids is 1. The molecule has 0 saturated heterocycles. The highest BCUT2D eigenvalue weighted by atomic mass is 32.2. The number of fused-ring (bicyclic) bond motifs is 1. The van der Waals surface area contributed by atoms with Crippen molar-refractivity contribution in [2.75, 3.05) is 10.1 Å². The van der Waals surface area contributed by atoms with Gasteiger partial charge in [0.15, 0.2) is 0 Å². The quantitative estimate of drug-likeness (QED) is 0.434. The standard InChI is InChI=1S/C23H22N4O4S2/c1-4-18-12-19-22(32-18)24-13-27(23(19)29)25-21(28)16-8-7-15(3)20(11-16)33(30,31)26-17-9-5-14(2)6-10-17/h5-13,26H,4H2,1-3H3,(H,25,28). The fourth-order valence-electron chi connectivity index (χ4n) is 3.26. The summed E-state index contributed by atoms with van der Waals surface area (Å²) in [7, 11) is -3.93. The van der Waals surface area contributed by atoms with Crippen LogP contribution >= 0.6 is 11.3 Å². The summed E-state index contributed by atoms with van der Waals surface area (Å²) in [6.07, 6.45) is 2.04. The van der Waals surface area contributed by atoms with Crippen LogP contribution in [0.5, 0.6) is 0 Å². The van der Waals surface area contributed by atoms with E-state index in [9.17, 15) is 18.0 Å². The Balaban J connectivity index is 1.62. The van der Waals surface area contributed by atoms with Gasteiger partial charge in [0.2, 0.25) is 0 Å². The minimum absolute atomic E-state index is 0.0259. The second-order valence-electron chi connectivity index (χ2n) is 7.60. The van der Waals surface area contributed by atoms with Crippen molar-refractivity contribution in [3.63, 3.8) is 0 Å². The van der Waals surface area contributed by atoms with Gasteiger partial charge in [-0.15, -0.1) is 11.3 Å². The van der Waals surface area contributed by atoms with Crippen molar-refractivity contribution in [3.05, 3.63) is 86.8 Å². The van der Waals surface area contributed by atoms with Crippen LogP contribution in [0.4, 0.5) is 5.69 Å².